The number of aliphatic imine (C=N–C) groups is 1. The Morgan fingerprint density at radius 3 is 2.53 bits per heavy atom. The van der Waals surface area contributed by atoms with Crippen LogP contribution >= 0.6 is 0 Å². The van der Waals surface area contributed by atoms with Gasteiger partial charge in [-0.2, -0.15) is 13.2 Å². The Morgan fingerprint density at radius 1 is 1.23 bits per heavy atom. The first-order chi connectivity index (χ1) is 14.2. The van der Waals surface area contributed by atoms with E-state index in [1.54, 1.807) is 19.2 Å². The van der Waals surface area contributed by atoms with Crippen molar-refractivity contribution in [1.82, 2.24) is 15.5 Å². The van der Waals surface area contributed by atoms with Gasteiger partial charge in [0.2, 0.25) is 0 Å². The largest absolute Gasteiger partial charge is 0.484 e. The van der Waals surface area contributed by atoms with Crippen LogP contribution in [0.1, 0.15) is 25.0 Å². The van der Waals surface area contributed by atoms with Crippen molar-refractivity contribution >= 4 is 5.96 Å². The van der Waals surface area contributed by atoms with E-state index in [0.717, 1.165) is 31.9 Å². The maximum absolute atomic E-state index is 12.6. The molecule has 0 bridgehead atoms. The predicted octanol–water partition coefficient (Wildman–Crippen LogP) is 2.96. The van der Waals surface area contributed by atoms with Crippen LogP contribution < -0.4 is 15.4 Å². The number of alkyl halides is 3. The third-order valence-electron chi connectivity index (χ3n) is 5.05. The molecule has 170 valence electrons. The summed E-state index contributed by atoms with van der Waals surface area (Å²) in [5.74, 6) is 1.27. The Morgan fingerprint density at radius 2 is 1.93 bits per heavy atom. The maximum Gasteiger partial charge on any atom is 0.422 e. The van der Waals surface area contributed by atoms with E-state index in [2.05, 4.69) is 34.4 Å². The highest BCUT2D eigenvalue weighted by atomic mass is 19.4. The van der Waals surface area contributed by atoms with Gasteiger partial charge in [0.25, 0.3) is 0 Å². The molecule has 1 aliphatic heterocycles. The maximum atomic E-state index is 12.6. The van der Waals surface area contributed by atoms with Gasteiger partial charge in [0.15, 0.2) is 12.6 Å². The van der Waals surface area contributed by atoms with Crippen molar-refractivity contribution in [2.24, 2.45) is 10.9 Å². The summed E-state index contributed by atoms with van der Waals surface area (Å²) < 4.78 is 48.1. The van der Waals surface area contributed by atoms with Crippen molar-refractivity contribution in [3.8, 4) is 5.75 Å². The van der Waals surface area contributed by atoms with E-state index >= 15 is 0 Å². The van der Waals surface area contributed by atoms with Crippen LogP contribution in [0.2, 0.25) is 0 Å². The second kappa shape index (κ2) is 11.4. The smallest absolute Gasteiger partial charge is 0.422 e. The van der Waals surface area contributed by atoms with Gasteiger partial charge in [-0.1, -0.05) is 26.0 Å². The van der Waals surface area contributed by atoms with Gasteiger partial charge in [-0.25, -0.2) is 0 Å². The molecular formula is C21H33F3N4O2. The summed E-state index contributed by atoms with van der Waals surface area (Å²) >= 11 is 0. The number of halogens is 3. The summed E-state index contributed by atoms with van der Waals surface area (Å²) in [5.41, 5.74) is 1.48. The molecule has 9 heteroatoms. The van der Waals surface area contributed by atoms with Crippen molar-refractivity contribution < 1.29 is 22.6 Å². The fraction of sp³-hybridized carbons (Fsp3) is 0.667. The minimum atomic E-state index is -4.38. The molecule has 1 aliphatic rings. The number of aryl methyl sites for hydroxylation is 1. The number of nitrogens with one attached hydrogen (secondary N) is 2. The van der Waals surface area contributed by atoms with Gasteiger partial charge < -0.3 is 20.1 Å². The molecule has 0 amide bonds. The first-order valence-corrected chi connectivity index (χ1v) is 10.2. The fourth-order valence-electron chi connectivity index (χ4n) is 3.40. The Hall–Kier alpha value is -2.00. The van der Waals surface area contributed by atoms with Crippen molar-refractivity contribution in [2.75, 3.05) is 46.5 Å². The zero-order valence-electron chi connectivity index (χ0n) is 18.2. The van der Waals surface area contributed by atoms with Crippen molar-refractivity contribution in [2.45, 2.75) is 39.5 Å². The SMILES string of the molecule is CN=C(NCc1ccc(C)cc1OCC(F)(F)F)NCC(C(C)C)N1CCOCC1. The minimum absolute atomic E-state index is 0.226. The van der Waals surface area contributed by atoms with Crippen LogP contribution in [0.25, 0.3) is 0 Å². The molecule has 2 rings (SSSR count). The van der Waals surface area contributed by atoms with Crippen LogP contribution in [0.4, 0.5) is 13.2 Å². The predicted molar refractivity (Wildman–Crippen MR) is 112 cm³/mol. The molecule has 0 spiro atoms. The van der Waals surface area contributed by atoms with Gasteiger partial charge in [0.1, 0.15) is 5.75 Å². The number of benzene rings is 1. The van der Waals surface area contributed by atoms with Crippen molar-refractivity contribution in [3.63, 3.8) is 0 Å². The second-order valence-corrected chi connectivity index (χ2v) is 7.78. The lowest BCUT2D eigenvalue weighted by Crippen LogP contribution is -2.52. The average Bonchev–Trinajstić information content (AvgIpc) is 2.70. The first kappa shape index (κ1) is 24.3. The van der Waals surface area contributed by atoms with Crippen molar-refractivity contribution in [3.05, 3.63) is 29.3 Å². The van der Waals surface area contributed by atoms with Crippen LogP contribution in [-0.2, 0) is 11.3 Å². The highest BCUT2D eigenvalue weighted by Crippen LogP contribution is 2.23. The average molecular weight is 431 g/mol. The number of hydrogen-bond acceptors (Lipinski definition) is 4. The standard InChI is InChI=1S/C21H33F3N4O2/c1-15(2)18(28-7-9-29-10-8-28)13-27-20(25-4)26-12-17-6-5-16(3)11-19(17)30-14-21(22,23)24/h5-6,11,15,18H,7-10,12-14H2,1-4H3,(H2,25,26,27). The molecule has 0 aromatic heterocycles. The zero-order valence-corrected chi connectivity index (χ0v) is 18.2. The van der Waals surface area contributed by atoms with Crippen LogP contribution in [-0.4, -0.2) is 69.6 Å². The Labute approximate surface area is 176 Å². The molecule has 1 fully saturated rings. The van der Waals surface area contributed by atoms with Crippen LogP contribution in [0.15, 0.2) is 23.2 Å². The molecule has 1 aromatic carbocycles. The number of ether oxygens (including phenoxy) is 2. The zero-order chi connectivity index (χ0) is 22.1. The second-order valence-electron chi connectivity index (χ2n) is 7.78. The lowest BCUT2D eigenvalue weighted by Gasteiger charge is -2.37. The van der Waals surface area contributed by atoms with E-state index in [4.69, 9.17) is 9.47 Å². The molecule has 0 aliphatic carbocycles. The van der Waals surface area contributed by atoms with Gasteiger partial charge >= 0.3 is 6.18 Å². The molecule has 0 radical (unpaired) electrons. The van der Waals surface area contributed by atoms with Crippen LogP contribution in [0.5, 0.6) is 5.75 Å². The molecule has 1 saturated heterocycles. The minimum Gasteiger partial charge on any atom is -0.484 e. The third-order valence-corrected chi connectivity index (χ3v) is 5.05. The summed E-state index contributed by atoms with van der Waals surface area (Å²) in [6.45, 7) is 9.18. The van der Waals surface area contributed by atoms with E-state index in [0.29, 0.717) is 36.6 Å². The van der Waals surface area contributed by atoms with Crippen LogP contribution in [0.3, 0.4) is 0 Å². The van der Waals surface area contributed by atoms with Gasteiger partial charge in [-0.05, 0) is 24.5 Å². The van der Waals surface area contributed by atoms with E-state index in [9.17, 15) is 13.2 Å². The van der Waals surface area contributed by atoms with E-state index in [1.807, 2.05) is 13.0 Å². The molecule has 1 aromatic rings. The number of nitrogens with zero attached hydrogens (tertiary/aromatic N) is 2. The van der Waals surface area contributed by atoms with E-state index in [1.165, 1.54) is 0 Å². The molecule has 0 saturated carbocycles. The molecule has 30 heavy (non-hydrogen) atoms. The summed E-state index contributed by atoms with van der Waals surface area (Å²) in [7, 11) is 1.67. The number of rotatable bonds is 8. The quantitative estimate of drug-likeness (QED) is 0.491. The first-order valence-electron chi connectivity index (χ1n) is 10.2. The lowest BCUT2D eigenvalue weighted by molar-refractivity contribution is -0.153. The summed E-state index contributed by atoms with van der Waals surface area (Å²) in [5, 5.41) is 6.52. The topological polar surface area (TPSA) is 58.1 Å². The Bertz CT molecular complexity index is 689. The van der Waals surface area contributed by atoms with Gasteiger partial charge in [-0.15, -0.1) is 0 Å². The summed E-state index contributed by atoms with van der Waals surface area (Å²) in [6, 6.07) is 5.57. The number of guanidine groups is 1. The normalized spacial score (nSPS) is 17.1. The molecule has 1 unspecified atom stereocenters. The van der Waals surface area contributed by atoms with Gasteiger partial charge in [0.05, 0.1) is 13.2 Å². The van der Waals surface area contributed by atoms with Crippen molar-refractivity contribution in [1.29, 1.82) is 0 Å². The lowest BCUT2D eigenvalue weighted by atomic mass is 10.0. The monoisotopic (exact) mass is 430 g/mol. The third kappa shape index (κ3) is 8.02. The summed E-state index contributed by atoms with van der Waals surface area (Å²) in [6.07, 6.45) is -4.38. The Kier molecular flexibility index (Phi) is 9.23. The molecule has 2 N–H and O–H groups in total. The number of hydrogen-bond donors (Lipinski definition) is 2. The fourth-order valence-corrected chi connectivity index (χ4v) is 3.40. The highest BCUT2D eigenvalue weighted by molar-refractivity contribution is 5.79. The van der Waals surface area contributed by atoms with Gasteiger partial charge in [-0.3, -0.25) is 9.89 Å². The number of morpholine rings is 1. The van der Waals surface area contributed by atoms with E-state index in [-0.39, 0.29) is 5.75 Å². The summed E-state index contributed by atoms with van der Waals surface area (Å²) in [4.78, 5) is 6.66. The molecule has 1 heterocycles. The molecule has 1 atom stereocenters. The highest BCUT2D eigenvalue weighted by Gasteiger charge is 2.29. The molecular weight excluding hydrogens is 397 g/mol. The van der Waals surface area contributed by atoms with Crippen LogP contribution in [0, 0.1) is 12.8 Å². The molecule has 6 nitrogen and oxygen atoms in total. The Balaban J connectivity index is 1.94. The van der Waals surface area contributed by atoms with E-state index < -0.39 is 12.8 Å². The van der Waals surface area contributed by atoms with Gasteiger partial charge in [0, 0.05) is 44.8 Å².